The molecule has 0 unspecified atom stereocenters. The van der Waals surface area contributed by atoms with Gasteiger partial charge in [-0.2, -0.15) is 5.10 Å². The minimum absolute atomic E-state index is 0.687. The maximum absolute atomic E-state index is 6.05. The third kappa shape index (κ3) is 2.80. The van der Waals surface area contributed by atoms with Gasteiger partial charge in [0, 0.05) is 20.4 Å². The van der Waals surface area contributed by atoms with Gasteiger partial charge in [0.2, 0.25) is 0 Å². The van der Waals surface area contributed by atoms with Crippen molar-refractivity contribution in [3.8, 4) is 16.9 Å². The Hall–Kier alpha value is -2.76. The first-order valence-corrected chi connectivity index (χ1v) is 9.54. The quantitative estimate of drug-likeness (QED) is 0.339. The van der Waals surface area contributed by atoms with Crippen molar-refractivity contribution in [2.45, 2.75) is 0 Å². The molecule has 2 aromatic heterocycles. The van der Waals surface area contributed by atoms with E-state index < -0.39 is 0 Å². The van der Waals surface area contributed by atoms with Crippen molar-refractivity contribution in [1.29, 1.82) is 0 Å². The van der Waals surface area contributed by atoms with Gasteiger partial charge in [0.05, 0.1) is 11.2 Å². The Morgan fingerprint density at radius 3 is 2.33 bits per heavy atom. The van der Waals surface area contributed by atoms with Crippen LogP contribution in [0.3, 0.4) is 0 Å². The first-order chi connectivity index (χ1) is 13.2. The number of fused-ring (bicyclic) bond motifs is 3. The summed E-state index contributed by atoms with van der Waals surface area (Å²) in [6, 6.07) is 23.6. The van der Waals surface area contributed by atoms with Crippen molar-refractivity contribution in [3.05, 3.63) is 82.3 Å². The first kappa shape index (κ1) is 16.4. The van der Waals surface area contributed by atoms with Crippen molar-refractivity contribution >= 4 is 49.5 Å². The molecule has 4 nitrogen and oxygen atoms in total. The third-order valence-corrected chi connectivity index (χ3v) is 5.25. The lowest BCUT2D eigenvalue weighted by molar-refractivity contribution is 0.917. The monoisotopic (exact) mass is 434 g/mol. The molecule has 6 heteroatoms. The molecule has 0 saturated heterocycles. The lowest BCUT2D eigenvalue weighted by Crippen LogP contribution is -1.97. The van der Waals surface area contributed by atoms with E-state index in [1.165, 1.54) is 0 Å². The molecule has 0 N–H and O–H groups in total. The summed E-state index contributed by atoms with van der Waals surface area (Å²) in [7, 11) is 0. The van der Waals surface area contributed by atoms with Gasteiger partial charge in [-0.05, 0) is 42.5 Å². The highest BCUT2D eigenvalue weighted by atomic mass is 79.9. The number of aromatic nitrogens is 4. The summed E-state index contributed by atoms with van der Waals surface area (Å²) < 4.78 is 2.95. The maximum Gasteiger partial charge on any atom is 0.140 e. The molecular weight excluding hydrogens is 424 g/mol. The Balaban J connectivity index is 1.88. The van der Waals surface area contributed by atoms with Crippen LogP contribution < -0.4 is 0 Å². The van der Waals surface area contributed by atoms with Crippen molar-refractivity contribution in [1.82, 2.24) is 20.0 Å². The first-order valence-electron chi connectivity index (χ1n) is 8.37. The molecule has 0 saturated carbocycles. The summed E-state index contributed by atoms with van der Waals surface area (Å²) in [4.78, 5) is 0. The van der Waals surface area contributed by atoms with Gasteiger partial charge in [-0.25, -0.2) is 4.68 Å². The van der Waals surface area contributed by atoms with Gasteiger partial charge in [-0.15, -0.1) is 10.2 Å². The molecule has 27 heavy (non-hydrogen) atoms. The van der Waals surface area contributed by atoms with Crippen LogP contribution in [0.2, 0.25) is 5.02 Å². The van der Waals surface area contributed by atoms with Crippen LogP contribution in [-0.2, 0) is 0 Å². The third-order valence-electron chi connectivity index (χ3n) is 4.47. The zero-order chi connectivity index (χ0) is 18.4. The zero-order valence-corrected chi connectivity index (χ0v) is 16.3. The predicted octanol–water partition coefficient (Wildman–Crippen LogP) is 6.05. The average molecular weight is 436 g/mol. The van der Waals surface area contributed by atoms with Gasteiger partial charge in [0.15, 0.2) is 0 Å². The molecule has 3 aromatic carbocycles. The van der Waals surface area contributed by atoms with E-state index in [2.05, 4.69) is 32.2 Å². The minimum atomic E-state index is 0.687. The van der Waals surface area contributed by atoms with Crippen molar-refractivity contribution in [2.75, 3.05) is 0 Å². The van der Waals surface area contributed by atoms with Crippen molar-refractivity contribution < 1.29 is 0 Å². The normalized spacial score (nSPS) is 11.3. The summed E-state index contributed by atoms with van der Waals surface area (Å²) in [5.74, 6) is 0. The SMILES string of the molecule is Clc1ccc(-c2nn(-c3ccc(Br)cc3)c3c2nnc2ccccc23)cc1. The summed E-state index contributed by atoms with van der Waals surface area (Å²) in [6.07, 6.45) is 0. The number of rotatable bonds is 2. The van der Waals surface area contributed by atoms with Gasteiger partial charge in [-0.1, -0.05) is 57.9 Å². The van der Waals surface area contributed by atoms with E-state index in [-0.39, 0.29) is 0 Å². The highest BCUT2D eigenvalue weighted by Crippen LogP contribution is 2.32. The molecule has 2 heterocycles. The van der Waals surface area contributed by atoms with E-state index in [1.54, 1.807) is 0 Å². The molecule has 130 valence electrons. The number of benzene rings is 3. The van der Waals surface area contributed by atoms with E-state index in [1.807, 2.05) is 71.4 Å². The predicted molar refractivity (Wildman–Crippen MR) is 112 cm³/mol. The molecule has 0 spiro atoms. The Labute approximate surface area is 168 Å². The molecule has 0 aliphatic heterocycles. The lowest BCUT2D eigenvalue weighted by Gasteiger charge is -2.05. The summed E-state index contributed by atoms with van der Waals surface area (Å²) in [6.45, 7) is 0. The molecule has 0 atom stereocenters. The van der Waals surface area contributed by atoms with Crippen LogP contribution >= 0.6 is 27.5 Å². The Morgan fingerprint density at radius 2 is 1.56 bits per heavy atom. The molecule has 0 amide bonds. The second-order valence-corrected chi connectivity index (χ2v) is 7.51. The molecule has 0 aliphatic rings. The molecule has 0 radical (unpaired) electrons. The number of nitrogens with zero attached hydrogens (tertiary/aromatic N) is 4. The van der Waals surface area contributed by atoms with E-state index in [0.717, 1.165) is 43.4 Å². The number of halogens is 2. The van der Waals surface area contributed by atoms with Gasteiger partial charge in [-0.3, -0.25) is 0 Å². The van der Waals surface area contributed by atoms with E-state index in [0.29, 0.717) is 5.02 Å². The Morgan fingerprint density at radius 1 is 0.815 bits per heavy atom. The highest BCUT2D eigenvalue weighted by molar-refractivity contribution is 9.10. The zero-order valence-electron chi connectivity index (χ0n) is 14.0. The second-order valence-electron chi connectivity index (χ2n) is 6.16. The summed E-state index contributed by atoms with van der Waals surface area (Å²) in [5, 5.41) is 15.5. The van der Waals surface area contributed by atoms with Crippen LogP contribution in [0.1, 0.15) is 0 Å². The Bertz CT molecular complexity index is 1280. The number of hydrogen-bond donors (Lipinski definition) is 0. The van der Waals surface area contributed by atoms with Crippen LogP contribution in [0.4, 0.5) is 0 Å². The van der Waals surface area contributed by atoms with Crippen LogP contribution in [0, 0.1) is 0 Å². The van der Waals surface area contributed by atoms with Crippen molar-refractivity contribution in [3.63, 3.8) is 0 Å². The molecule has 0 fully saturated rings. The molecule has 5 aromatic rings. The Kier molecular flexibility index (Phi) is 3.92. The van der Waals surface area contributed by atoms with Gasteiger partial charge >= 0.3 is 0 Å². The second kappa shape index (κ2) is 6.44. The molecule has 5 rings (SSSR count). The highest BCUT2D eigenvalue weighted by Gasteiger charge is 2.18. The van der Waals surface area contributed by atoms with Gasteiger partial charge < -0.3 is 0 Å². The van der Waals surface area contributed by atoms with E-state index in [9.17, 15) is 0 Å². The standard InChI is InChI=1S/C21H12BrClN4/c22-14-7-11-16(12-8-14)27-21-17-3-1-2-4-18(17)24-25-20(21)19(26-27)13-5-9-15(23)10-6-13/h1-12H. The molecular formula is C21H12BrClN4. The maximum atomic E-state index is 6.05. The fourth-order valence-corrected chi connectivity index (χ4v) is 3.57. The van der Waals surface area contributed by atoms with Gasteiger partial charge in [0.1, 0.15) is 16.7 Å². The number of hydrogen-bond acceptors (Lipinski definition) is 3. The van der Waals surface area contributed by atoms with Crippen LogP contribution in [0.5, 0.6) is 0 Å². The summed E-state index contributed by atoms with van der Waals surface area (Å²) >= 11 is 9.55. The summed E-state index contributed by atoms with van der Waals surface area (Å²) in [5.41, 5.74) is 5.23. The van der Waals surface area contributed by atoms with Crippen LogP contribution in [0.15, 0.2) is 77.3 Å². The fraction of sp³-hybridized carbons (Fsp3) is 0. The topological polar surface area (TPSA) is 43.6 Å². The van der Waals surface area contributed by atoms with Crippen molar-refractivity contribution in [2.24, 2.45) is 0 Å². The largest absolute Gasteiger partial charge is 0.230 e. The van der Waals surface area contributed by atoms with Crippen LogP contribution in [-0.4, -0.2) is 20.0 Å². The fourth-order valence-electron chi connectivity index (χ4n) is 3.18. The lowest BCUT2D eigenvalue weighted by atomic mass is 10.1. The van der Waals surface area contributed by atoms with E-state index in [4.69, 9.17) is 16.7 Å². The minimum Gasteiger partial charge on any atom is -0.230 e. The van der Waals surface area contributed by atoms with Crippen LogP contribution in [0.25, 0.3) is 38.9 Å². The van der Waals surface area contributed by atoms with E-state index >= 15 is 0 Å². The van der Waals surface area contributed by atoms with Gasteiger partial charge in [0.25, 0.3) is 0 Å². The average Bonchev–Trinajstić information content (AvgIpc) is 3.09. The smallest absolute Gasteiger partial charge is 0.140 e. The molecule has 0 bridgehead atoms. The molecule has 0 aliphatic carbocycles.